The molecule has 0 amide bonds. The van der Waals surface area contributed by atoms with Crippen molar-refractivity contribution >= 4 is 0 Å². The SMILES string of the molecule is N[C@H](CF)c1ccc(-c2ccc(C(F)(F)F)cc2)cc1. The molecule has 0 heterocycles. The Bertz CT molecular complexity index is 558. The zero-order valence-electron chi connectivity index (χ0n) is 10.5. The number of alkyl halides is 4. The Balaban J connectivity index is 2.24. The van der Waals surface area contributed by atoms with Crippen molar-refractivity contribution in [1.82, 2.24) is 0 Å². The molecule has 0 bridgehead atoms. The zero-order chi connectivity index (χ0) is 14.8. The van der Waals surface area contributed by atoms with Gasteiger partial charge < -0.3 is 5.73 Å². The Hall–Kier alpha value is -1.88. The van der Waals surface area contributed by atoms with Crippen LogP contribution < -0.4 is 5.73 Å². The number of halogens is 4. The predicted octanol–water partition coefficient (Wildman–Crippen LogP) is 4.34. The topological polar surface area (TPSA) is 26.0 Å². The second-order valence-corrected chi connectivity index (χ2v) is 4.46. The molecule has 0 fully saturated rings. The van der Waals surface area contributed by atoms with Crippen LogP contribution in [0.15, 0.2) is 48.5 Å². The van der Waals surface area contributed by atoms with Gasteiger partial charge in [0.15, 0.2) is 0 Å². The molecule has 2 rings (SSSR count). The summed E-state index contributed by atoms with van der Waals surface area (Å²) >= 11 is 0. The van der Waals surface area contributed by atoms with Gasteiger partial charge in [-0.15, -0.1) is 0 Å². The molecule has 2 aromatic rings. The molecule has 0 aromatic heterocycles. The molecule has 0 spiro atoms. The van der Waals surface area contributed by atoms with Crippen LogP contribution in [0.3, 0.4) is 0 Å². The van der Waals surface area contributed by atoms with Crippen molar-refractivity contribution in [2.24, 2.45) is 5.73 Å². The molecule has 2 aromatic carbocycles. The summed E-state index contributed by atoms with van der Waals surface area (Å²) in [5.41, 5.74) is 6.95. The summed E-state index contributed by atoms with van der Waals surface area (Å²) in [4.78, 5) is 0. The summed E-state index contributed by atoms with van der Waals surface area (Å²) < 4.78 is 49.8. The highest BCUT2D eigenvalue weighted by Crippen LogP contribution is 2.31. The molecule has 1 nitrogen and oxygen atoms in total. The van der Waals surface area contributed by atoms with E-state index in [1.807, 2.05) is 0 Å². The Morgan fingerprint density at radius 2 is 1.30 bits per heavy atom. The lowest BCUT2D eigenvalue weighted by atomic mass is 10.0. The number of hydrogen-bond donors (Lipinski definition) is 1. The minimum atomic E-state index is -4.34. The molecule has 20 heavy (non-hydrogen) atoms. The summed E-state index contributed by atoms with van der Waals surface area (Å²) in [6.45, 7) is -0.653. The Labute approximate surface area is 114 Å². The molecule has 0 saturated carbocycles. The van der Waals surface area contributed by atoms with Crippen LogP contribution in [0.1, 0.15) is 17.2 Å². The van der Waals surface area contributed by atoms with Crippen LogP contribution in [0.5, 0.6) is 0 Å². The number of rotatable bonds is 3. The van der Waals surface area contributed by atoms with Gasteiger partial charge in [0.1, 0.15) is 6.67 Å². The van der Waals surface area contributed by atoms with Gasteiger partial charge in [0.2, 0.25) is 0 Å². The van der Waals surface area contributed by atoms with E-state index >= 15 is 0 Å². The highest BCUT2D eigenvalue weighted by molar-refractivity contribution is 5.64. The van der Waals surface area contributed by atoms with Gasteiger partial charge in [-0.2, -0.15) is 13.2 Å². The van der Waals surface area contributed by atoms with Gasteiger partial charge >= 0.3 is 6.18 Å². The fourth-order valence-electron chi connectivity index (χ4n) is 1.86. The van der Waals surface area contributed by atoms with E-state index in [2.05, 4.69) is 0 Å². The molecule has 0 saturated heterocycles. The fourth-order valence-corrected chi connectivity index (χ4v) is 1.86. The van der Waals surface area contributed by atoms with E-state index in [0.29, 0.717) is 11.1 Å². The maximum absolute atomic E-state index is 12.5. The lowest BCUT2D eigenvalue weighted by molar-refractivity contribution is -0.137. The number of nitrogens with two attached hydrogens (primary N) is 1. The molecular formula is C15H13F4N. The Morgan fingerprint density at radius 1 is 0.850 bits per heavy atom. The van der Waals surface area contributed by atoms with Crippen LogP contribution >= 0.6 is 0 Å². The molecule has 2 N–H and O–H groups in total. The third kappa shape index (κ3) is 3.17. The summed E-state index contributed by atoms with van der Waals surface area (Å²) in [5.74, 6) is 0. The molecule has 0 unspecified atom stereocenters. The van der Waals surface area contributed by atoms with Gasteiger partial charge in [0.05, 0.1) is 11.6 Å². The van der Waals surface area contributed by atoms with Crippen LogP contribution in [0, 0.1) is 0 Å². The minimum Gasteiger partial charge on any atom is -0.322 e. The van der Waals surface area contributed by atoms with Crippen molar-refractivity contribution in [3.8, 4) is 11.1 Å². The summed E-state index contributed by atoms with van der Waals surface area (Å²) in [6.07, 6.45) is -4.34. The van der Waals surface area contributed by atoms with E-state index in [1.54, 1.807) is 24.3 Å². The zero-order valence-corrected chi connectivity index (χ0v) is 10.5. The van der Waals surface area contributed by atoms with Crippen LogP contribution in [-0.4, -0.2) is 6.67 Å². The van der Waals surface area contributed by atoms with E-state index in [4.69, 9.17) is 5.73 Å². The van der Waals surface area contributed by atoms with Gasteiger partial charge in [-0.25, -0.2) is 4.39 Å². The summed E-state index contributed by atoms with van der Waals surface area (Å²) in [6, 6.07) is 11.0. The van der Waals surface area contributed by atoms with Crippen molar-refractivity contribution in [2.75, 3.05) is 6.67 Å². The lowest BCUT2D eigenvalue weighted by Gasteiger charge is -2.10. The summed E-state index contributed by atoms with van der Waals surface area (Å²) in [7, 11) is 0. The molecule has 0 radical (unpaired) electrons. The standard InChI is InChI=1S/C15H13F4N/c16-9-14(20)12-3-1-10(2-4-12)11-5-7-13(8-6-11)15(17,18)19/h1-8,14H,9,20H2/t14-/m1/s1. The molecule has 0 aliphatic heterocycles. The van der Waals surface area contributed by atoms with E-state index < -0.39 is 24.5 Å². The van der Waals surface area contributed by atoms with Gasteiger partial charge in [-0.05, 0) is 28.8 Å². The average Bonchev–Trinajstić information content (AvgIpc) is 2.46. The van der Waals surface area contributed by atoms with Crippen LogP contribution in [0.25, 0.3) is 11.1 Å². The second-order valence-electron chi connectivity index (χ2n) is 4.46. The van der Waals surface area contributed by atoms with E-state index in [0.717, 1.165) is 17.7 Å². The predicted molar refractivity (Wildman–Crippen MR) is 69.8 cm³/mol. The molecule has 0 aliphatic rings. The van der Waals surface area contributed by atoms with E-state index in [9.17, 15) is 17.6 Å². The molecule has 106 valence electrons. The maximum Gasteiger partial charge on any atom is 0.416 e. The molecular weight excluding hydrogens is 270 g/mol. The first-order valence-corrected chi connectivity index (χ1v) is 6.01. The number of hydrogen-bond acceptors (Lipinski definition) is 1. The van der Waals surface area contributed by atoms with Crippen molar-refractivity contribution in [3.63, 3.8) is 0 Å². The van der Waals surface area contributed by atoms with Crippen LogP contribution in [0.2, 0.25) is 0 Å². The highest BCUT2D eigenvalue weighted by Gasteiger charge is 2.29. The number of benzene rings is 2. The molecule has 1 atom stereocenters. The quantitative estimate of drug-likeness (QED) is 0.833. The van der Waals surface area contributed by atoms with Gasteiger partial charge in [-0.3, -0.25) is 0 Å². The van der Waals surface area contributed by atoms with Gasteiger partial charge in [0, 0.05) is 0 Å². The minimum absolute atomic E-state index is 0.653. The normalized spacial score (nSPS) is 13.2. The van der Waals surface area contributed by atoms with E-state index in [-0.39, 0.29) is 0 Å². The molecule has 5 heteroatoms. The van der Waals surface area contributed by atoms with Crippen molar-refractivity contribution in [3.05, 3.63) is 59.7 Å². The third-order valence-electron chi connectivity index (χ3n) is 3.05. The smallest absolute Gasteiger partial charge is 0.322 e. The van der Waals surface area contributed by atoms with Gasteiger partial charge in [0.25, 0.3) is 0 Å². The monoisotopic (exact) mass is 283 g/mol. The second kappa shape index (κ2) is 5.63. The van der Waals surface area contributed by atoms with Crippen molar-refractivity contribution in [1.29, 1.82) is 0 Å². The van der Waals surface area contributed by atoms with Crippen LogP contribution in [0.4, 0.5) is 17.6 Å². The summed E-state index contributed by atoms with van der Waals surface area (Å²) in [5, 5.41) is 0. The third-order valence-corrected chi connectivity index (χ3v) is 3.05. The Morgan fingerprint density at radius 3 is 1.70 bits per heavy atom. The first kappa shape index (κ1) is 14.5. The highest BCUT2D eigenvalue weighted by atomic mass is 19.4. The lowest BCUT2D eigenvalue weighted by Crippen LogP contribution is -2.11. The van der Waals surface area contributed by atoms with E-state index in [1.165, 1.54) is 12.1 Å². The van der Waals surface area contributed by atoms with Crippen LogP contribution in [-0.2, 0) is 6.18 Å². The first-order chi connectivity index (χ1) is 9.41. The first-order valence-electron chi connectivity index (χ1n) is 6.01. The largest absolute Gasteiger partial charge is 0.416 e. The maximum atomic E-state index is 12.5. The van der Waals surface area contributed by atoms with Gasteiger partial charge in [-0.1, -0.05) is 36.4 Å². The van der Waals surface area contributed by atoms with Crippen molar-refractivity contribution < 1.29 is 17.6 Å². The van der Waals surface area contributed by atoms with Crippen molar-refractivity contribution in [2.45, 2.75) is 12.2 Å². The Kier molecular flexibility index (Phi) is 4.09. The fraction of sp³-hybridized carbons (Fsp3) is 0.200. The average molecular weight is 283 g/mol. The molecule has 0 aliphatic carbocycles.